The molecule has 1 nitrogen and oxygen atoms in total. The predicted molar refractivity (Wildman–Crippen MR) is 83.3 cm³/mol. The summed E-state index contributed by atoms with van der Waals surface area (Å²) >= 11 is 0. The van der Waals surface area contributed by atoms with E-state index < -0.39 is 0 Å². The third-order valence-corrected chi connectivity index (χ3v) is 4.52. The summed E-state index contributed by atoms with van der Waals surface area (Å²) in [6.07, 6.45) is 8.16. The minimum absolute atomic E-state index is 0.220. The van der Waals surface area contributed by atoms with Crippen LogP contribution in [0.1, 0.15) is 76.5 Å². The predicted octanol–water partition coefficient (Wildman–Crippen LogP) is 4.95. The van der Waals surface area contributed by atoms with E-state index in [-0.39, 0.29) is 11.5 Å². The quantitative estimate of drug-likeness (QED) is 0.816. The normalized spacial score (nSPS) is 19.4. The molecule has 1 fully saturated rings. The molecule has 106 valence electrons. The van der Waals surface area contributed by atoms with Gasteiger partial charge in [-0.3, -0.25) is 0 Å². The Morgan fingerprint density at radius 2 is 1.63 bits per heavy atom. The fourth-order valence-corrected chi connectivity index (χ4v) is 3.15. The van der Waals surface area contributed by atoms with Crippen molar-refractivity contribution >= 4 is 0 Å². The Kier molecular flexibility index (Phi) is 4.67. The lowest BCUT2D eigenvalue weighted by atomic mass is 9.82. The van der Waals surface area contributed by atoms with Crippen molar-refractivity contribution in [1.82, 2.24) is 0 Å². The molecule has 1 heteroatoms. The summed E-state index contributed by atoms with van der Waals surface area (Å²) in [4.78, 5) is 0. The number of nitrogens with two attached hydrogens (primary N) is 1. The average molecular weight is 259 g/mol. The molecule has 1 aromatic rings. The fraction of sp³-hybridized carbons (Fsp3) is 0.667. The van der Waals surface area contributed by atoms with Crippen LogP contribution in [0.15, 0.2) is 24.3 Å². The lowest BCUT2D eigenvalue weighted by molar-refractivity contribution is 0.319. The summed E-state index contributed by atoms with van der Waals surface area (Å²) in [5.41, 5.74) is 9.31. The molecule has 1 aliphatic rings. The highest BCUT2D eigenvalue weighted by molar-refractivity contribution is 5.29. The van der Waals surface area contributed by atoms with E-state index in [2.05, 4.69) is 45.0 Å². The van der Waals surface area contributed by atoms with E-state index in [1.807, 2.05) is 0 Å². The molecule has 1 saturated carbocycles. The molecule has 1 unspecified atom stereocenters. The molecule has 0 saturated heterocycles. The van der Waals surface area contributed by atoms with Crippen molar-refractivity contribution in [3.63, 3.8) is 0 Å². The van der Waals surface area contributed by atoms with E-state index in [0.29, 0.717) is 0 Å². The van der Waals surface area contributed by atoms with E-state index in [9.17, 15) is 0 Å². The molecule has 0 bridgehead atoms. The van der Waals surface area contributed by atoms with E-state index in [1.54, 1.807) is 0 Å². The molecule has 0 spiro atoms. The Morgan fingerprint density at radius 1 is 1.05 bits per heavy atom. The molecule has 0 aromatic heterocycles. The van der Waals surface area contributed by atoms with Crippen molar-refractivity contribution in [2.45, 2.75) is 70.8 Å². The lowest BCUT2D eigenvalue weighted by Gasteiger charge is -2.25. The Bertz CT molecular complexity index is 379. The van der Waals surface area contributed by atoms with Gasteiger partial charge in [-0.2, -0.15) is 0 Å². The molecule has 0 radical (unpaired) electrons. The third kappa shape index (κ3) is 4.07. The topological polar surface area (TPSA) is 26.0 Å². The van der Waals surface area contributed by atoms with Gasteiger partial charge in [-0.15, -0.1) is 0 Å². The fourth-order valence-electron chi connectivity index (χ4n) is 3.15. The molecule has 19 heavy (non-hydrogen) atoms. The zero-order valence-electron chi connectivity index (χ0n) is 12.8. The van der Waals surface area contributed by atoms with Crippen molar-refractivity contribution in [3.8, 4) is 0 Å². The van der Waals surface area contributed by atoms with Gasteiger partial charge in [-0.1, -0.05) is 77.1 Å². The molecule has 2 rings (SSSR count). The summed E-state index contributed by atoms with van der Waals surface area (Å²) in [6.45, 7) is 6.76. The Morgan fingerprint density at radius 3 is 2.16 bits per heavy atom. The van der Waals surface area contributed by atoms with Crippen LogP contribution in [0.25, 0.3) is 0 Å². The number of rotatable bonds is 3. The molecular formula is C18H29N. The first kappa shape index (κ1) is 14.6. The van der Waals surface area contributed by atoms with Gasteiger partial charge in [0.25, 0.3) is 0 Å². The first-order chi connectivity index (χ1) is 8.97. The van der Waals surface area contributed by atoms with Crippen molar-refractivity contribution < 1.29 is 0 Å². The van der Waals surface area contributed by atoms with E-state index in [0.717, 1.165) is 12.3 Å². The second-order valence-corrected chi connectivity index (χ2v) is 7.22. The summed E-state index contributed by atoms with van der Waals surface area (Å²) in [6, 6.07) is 9.17. The van der Waals surface area contributed by atoms with Gasteiger partial charge in [0, 0.05) is 6.04 Å². The van der Waals surface area contributed by atoms with Gasteiger partial charge in [0.2, 0.25) is 0 Å². The van der Waals surface area contributed by atoms with Crippen molar-refractivity contribution in [2.24, 2.45) is 11.7 Å². The maximum absolute atomic E-state index is 6.38. The minimum Gasteiger partial charge on any atom is -0.324 e. The van der Waals surface area contributed by atoms with E-state index in [4.69, 9.17) is 5.73 Å². The summed E-state index contributed by atoms with van der Waals surface area (Å²) in [5.74, 6) is 0.853. The highest BCUT2D eigenvalue weighted by Crippen LogP contribution is 2.31. The van der Waals surface area contributed by atoms with Crippen LogP contribution >= 0.6 is 0 Å². The highest BCUT2D eigenvalue weighted by atomic mass is 14.6. The van der Waals surface area contributed by atoms with Crippen LogP contribution in [0.3, 0.4) is 0 Å². The van der Waals surface area contributed by atoms with Gasteiger partial charge in [-0.25, -0.2) is 0 Å². The molecule has 1 atom stereocenters. The van der Waals surface area contributed by atoms with Crippen LogP contribution in [-0.4, -0.2) is 0 Å². The zero-order chi connectivity index (χ0) is 13.9. The van der Waals surface area contributed by atoms with Crippen LogP contribution < -0.4 is 5.73 Å². The van der Waals surface area contributed by atoms with Gasteiger partial charge in [0.05, 0.1) is 0 Å². The van der Waals surface area contributed by atoms with Crippen LogP contribution in [0, 0.1) is 5.92 Å². The average Bonchev–Trinajstić information content (AvgIpc) is 2.39. The molecule has 2 N–H and O–H groups in total. The molecule has 0 amide bonds. The van der Waals surface area contributed by atoms with Gasteiger partial charge in [0.15, 0.2) is 0 Å². The summed E-state index contributed by atoms with van der Waals surface area (Å²) in [7, 11) is 0. The second kappa shape index (κ2) is 6.09. The maximum atomic E-state index is 6.38. The van der Waals surface area contributed by atoms with Gasteiger partial charge in [-0.05, 0) is 28.9 Å². The molecule has 0 aliphatic heterocycles. The number of benzene rings is 1. The van der Waals surface area contributed by atoms with Crippen molar-refractivity contribution in [1.29, 1.82) is 0 Å². The van der Waals surface area contributed by atoms with E-state index >= 15 is 0 Å². The van der Waals surface area contributed by atoms with Gasteiger partial charge in [0.1, 0.15) is 0 Å². The first-order valence-electron chi connectivity index (χ1n) is 7.83. The zero-order valence-corrected chi connectivity index (χ0v) is 12.8. The van der Waals surface area contributed by atoms with E-state index in [1.165, 1.54) is 43.2 Å². The van der Waals surface area contributed by atoms with Crippen LogP contribution in [0.4, 0.5) is 0 Å². The Labute approximate surface area is 118 Å². The number of hydrogen-bond acceptors (Lipinski definition) is 1. The van der Waals surface area contributed by atoms with Crippen LogP contribution in [-0.2, 0) is 5.41 Å². The van der Waals surface area contributed by atoms with Gasteiger partial charge >= 0.3 is 0 Å². The number of hydrogen-bond donors (Lipinski definition) is 1. The maximum Gasteiger partial charge on any atom is 0.0297 e. The molecule has 1 aromatic carbocycles. The largest absolute Gasteiger partial charge is 0.324 e. The minimum atomic E-state index is 0.220. The van der Waals surface area contributed by atoms with Crippen LogP contribution in [0.2, 0.25) is 0 Å². The van der Waals surface area contributed by atoms with Crippen molar-refractivity contribution in [2.75, 3.05) is 0 Å². The lowest BCUT2D eigenvalue weighted by Crippen LogP contribution is -2.18. The second-order valence-electron chi connectivity index (χ2n) is 7.22. The Hall–Kier alpha value is -0.820. The SMILES string of the molecule is CC(C)(C)c1ccc(C(N)CC2CCCCC2)cc1. The standard InChI is InChI=1S/C18H29N/c1-18(2,3)16-11-9-15(10-12-16)17(19)13-14-7-5-4-6-8-14/h9-12,14,17H,4-8,13,19H2,1-3H3. The smallest absolute Gasteiger partial charge is 0.0297 e. The Balaban J connectivity index is 1.97. The monoisotopic (exact) mass is 259 g/mol. The van der Waals surface area contributed by atoms with Gasteiger partial charge < -0.3 is 5.73 Å². The molecular weight excluding hydrogens is 230 g/mol. The van der Waals surface area contributed by atoms with Crippen LogP contribution in [0.5, 0.6) is 0 Å². The highest BCUT2D eigenvalue weighted by Gasteiger charge is 2.18. The van der Waals surface area contributed by atoms with Crippen molar-refractivity contribution in [3.05, 3.63) is 35.4 Å². The first-order valence-corrected chi connectivity index (χ1v) is 7.83. The molecule has 0 heterocycles. The summed E-state index contributed by atoms with van der Waals surface area (Å²) < 4.78 is 0. The molecule has 1 aliphatic carbocycles. The third-order valence-electron chi connectivity index (χ3n) is 4.52. The summed E-state index contributed by atoms with van der Waals surface area (Å²) in [5, 5.41) is 0.